The monoisotopic (exact) mass is 541 g/mol. The zero-order valence-corrected chi connectivity index (χ0v) is 21.7. The van der Waals surface area contributed by atoms with Gasteiger partial charge in [-0.15, -0.1) is 18.3 Å². The van der Waals surface area contributed by atoms with Gasteiger partial charge in [-0.1, -0.05) is 18.7 Å². The van der Waals surface area contributed by atoms with Crippen molar-refractivity contribution in [1.82, 2.24) is 35.0 Å². The van der Waals surface area contributed by atoms with Crippen molar-refractivity contribution in [3.05, 3.63) is 36.9 Å². The van der Waals surface area contributed by atoms with Gasteiger partial charge in [0.05, 0.1) is 12.7 Å². The molecule has 37 heavy (non-hydrogen) atoms. The van der Waals surface area contributed by atoms with Crippen molar-refractivity contribution >= 4 is 11.8 Å². The first-order valence-electron chi connectivity index (χ1n) is 11.9. The Balaban J connectivity index is 1.43. The van der Waals surface area contributed by atoms with Crippen molar-refractivity contribution in [1.29, 1.82) is 0 Å². The van der Waals surface area contributed by atoms with E-state index in [1.807, 2.05) is 7.05 Å². The second-order valence-corrected chi connectivity index (χ2v) is 10.5. The molecular formula is C23H30F3N7O3S. The molecule has 1 aliphatic carbocycles. The average Bonchev–Trinajstić information content (AvgIpc) is 3.51. The Bertz CT molecular complexity index is 1110. The van der Waals surface area contributed by atoms with Gasteiger partial charge >= 0.3 is 6.36 Å². The predicted molar refractivity (Wildman–Crippen MR) is 128 cm³/mol. The number of nitrogens with zero attached hydrogens (tertiary/aromatic N) is 7. The summed E-state index contributed by atoms with van der Waals surface area (Å²) in [5.41, 5.74) is -0.0912. The lowest BCUT2D eigenvalue weighted by molar-refractivity contribution is -0.274. The SMILES string of the molecule is CO[C@@H]1[C@@H](Cn2cncn2)[C@H](COc2ccc(OC(F)(F)F)cc2)CC[C@@]1(C)CCSc1nnnn1C. The van der Waals surface area contributed by atoms with Crippen molar-refractivity contribution in [2.75, 3.05) is 19.5 Å². The van der Waals surface area contributed by atoms with E-state index in [4.69, 9.17) is 9.47 Å². The zero-order chi connectivity index (χ0) is 26.5. The van der Waals surface area contributed by atoms with Gasteiger partial charge in [0.2, 0.25) is 5.16 Å². The van der Waals surface area contributed by atoms with E-state index in [1.54, 1.807) is 34.6 Å². The molecule has 1 fully saturated rings. The molecule has 0 spiro atoms. The van der Waals surface area contributed by atoms with Gasteiger partial charge in [0.1, 0.15) is 24.2 Å². The summed E-state index contributed by atoms with van der Waals surface area (Å²) in [5, 5.41) is 16.7. The third-order valence-electron chi connectivity index (χ3n) is 6.89. The maximum absolute atomic E-state index is 12.4. The topological polar surface area (TPSA) is 102 Å². The van der Waals surface area contributed by atoms with Crippen molar-refractivity contribution in [3.8, 4) is 11.5 Å². The van der Waals surface area contributed by atoms with Crippen LogP contribution in [0.3, 0.4) is 0 Å². The fourth-order valence-corrected chi connectivity index (χ4v) is 6.09. The summed E-state index contributed by atoms with van der Waals surface area (Å²) in [4.78, 5) is 4.08. The molecule has 0 unspecified atom stereocenters. The molecule has 2 heterocycles. The molecule has 0 N–H and O–H groups in total. The summed E-state index contributed by atoms with van der Waals surface area (Å²) in [6.45, 7) is 3.26. The number of alkyl halides is 3. The van der Waals surface area contributed by atoms with Crippen molar-refractivity contribution in [3.63, 3.8) is 0 Å². The number of tetrazole rings is 1. The van der Waals surface area contributed by atoms with E-state index in [2.05, 4.69) is 37.3 Å². The van der Waals surface area contributed by atoms with E-state index in [-0.39, 0.29) is 29.1 Å². The quantitative estimate of drug-likeness (QED) is 0.333. The largest absolute Gasteiger partial charge is 0.573 e. The molecule has 10 nitrogen and oxygen atoms in total. The first-order valence-corrected chi connectivity index (χ1v) is 12.8. The van der Waals surface area contributed by atoms with Crippen LogP contribution >= 0.6 is 11.8 Å². The predicted octanol–water partition coefficient (Wildman–Crippen LogP) is 4.01. The minimum atomic E-state index is -4.73. The van der Waals surface area contributed by atoms with Crippen LogP contribution in [0.2, 0.25) is 0 Å². The van der Waals surface area contributed by atoms with Gasteiger partial charge in [-0.25, -0.2) is 9.67 Å². The van der Waals surface area contributed by atoms with E-state index < -0.39 is 6.36 Å². The summed E-state index contributed by atoms with van der Waals surface area (Å²) >= 11 is 1.62. The highest BCUT2D eigenvalue weighted by atomic mass is 32.2. The van der Waals surface area contributed by atoms with Crippen molar-refractivity contribution < 1.29 is 27.4 Å². The summed E-state index contributed by atoms with van der Waals surface area (Å²) < 4.78 is 56.9. The molecule has 1 aromatic carbocycles. The Morgan fingerprint density at radius 1 is 1.19 bits per heavy atom. The standard InChI is InChI=1S/C23H30F3N7O3S/c1-22(10-11-37-21-29-30-31-32(21)2)9-8-16(19(20(22)34-3)12-33-15-27-14-28-33)13-35-17-4-6-18(7-5-17)36-23(24,25)26/h4-7,14-16,19-20H,8-13H2,1-3H3/t16-,19-,20+,22-/m0/s1. The first kappa shape index (κ1) is 27.2. The number of hydrogen-bond acceptors (Lipinski definition) is 9. The Hall–Kier alpha value is -2.87. The summed E-state index contributed by atoms with van der Waals surface area (Å²) in [6, 6.07) is 5.45. The van der Waals surface area contributed by atoms with Crippen LogP contribution < -0.4 is 9.47 Å². The maximum Gasteiger partial charge on any atom is 0.573 e. The maximum atomic E-state index is 12.4. The van der Waals surface area contributed by atoms with Crippen LogP contribution in [-0.2, 0) is 18.3 Å². The number of hydrogen-bond donors (Lipinski definition) is 0. The highest BCUT2D eigenvalue weighted by Gasteiger charge is 2.47. The molecule has 4 rings (SSSR count). The smallest absolute Gasteiger partial charge is 0.493 e. The Kier molecular flexibility index (Phi) is 8.57. The number of halogens is 3. The molecule has 0 aliphatic heterocycles. The molecule has 0 saturated heterocycles. The molecule has 3 aromatic rings. The minimum Gasteiger partial charge on any atom is -0.493 e. The van der Waals surface area contributed by atoms with Gasteiger partial charge in [-0.2, -0.15) is 5.10 Å². The second kappa shape index (κ2) is 11.7. The third-order valence-corrected chi connectivity index (χ3v) is 7.91. The van der Waals surface area contributed by atoms with Gasteiger partial charge in [0, 0.05) is 38.3 Å². The average molecular weight is 542 g/mol. The molecule has 0 bridgehead atoms. The van der Waals surface area contributed by atoms with Crippen LogP contribution in [0.4, 0.5) is 13.2 Å². The molecule has 1 aliphatic rings. The molecule has 14 heteroatoms. The molecule has 0 amide bonds. The van der Waals surface area contributed by atoms with E-state index >= 15 is 0 Å². The normalized spacial score (nSPS) is 24.2. The van der Waals surface area contributed by atoms with Gasteiger partial charge in [0.15, 0.2) is 0 Å². The highest BCUT2D eigenvalue weighted by Crippen LogP contribution is 2.47. The van der Waals surface area contributed by atoms with Gasteiger partial charge < -0.3 is 14.2 Å². The van der Waals surface area contributed by atoms with Gasteiger partial charge in [-0.05, 0) is 59.4 Å². The number of rotatable bonds is 11. The van der Waals surface area contributed by atoms with E-state index in [1.165, 1.54) is 30.6 Å². The fourth-order valence-electron chi connectivity index (χ4n) is 5.02. The second-order valence-electron chi connectivity index (χ2n) is 9.40. The Morgan fingerprint density at radius 2 is 1.95 bits per heavy atom. The van der Waals surface area contributed by atoms with E-state index in [0.717, 1.165) is 30.2 Å². The lowest BCUT2D eigenvalue weighted by atomic mass is 9.63. The molecule has 202 valence electrons. The van der Waals surface area contributed by atoms with Gasteiger partial charge in [0.25, 0.3) is 0 Å². The number of aromatic nitrogens is 7. The number of ether oxygens (including phenoxy) is 3. The van der Waals surface area contributed by atoms with Crippen LogP contribution in [0, 0.1) is 17.3 Å². The van der Waals surface area contributed by atoms with E-state index in [9.17, 15) is 13.2 Å². The third kappa shape index (κ3) is 7.12. The van der Waals surface area contributed by atoms with Crippen LogP contribution in [0.25, 0.3) is 0 Å². The Labute approximate surface area is 216 Å². The lowest BCUT2D eigenvalue weighted by Crippen LogP contribution is -2.50. The number of aryl methyl sites for hydroxylation is 1. The van der Waals surface area contributed by atoms with Crippen LogP contribution in [0.5, 0.6) is 11.5 Å². The zero-order valence-electron chi connectivity index (χ0n) is 20.8. The number of methoxy groups -OCH3 is 1. The van der Waals surface area contributed by atoms with Crippen molar-refractivity contribution in [2.24, 2.45) is 24.3 Å². The molecule has 4 atom stereocenters. The fraction of sp³-hybridized carbons (Fsp3) is 0.609. The van der Waals surface area contributed by atoms with Crippen molar-refractivity contribution in [2.45, 2.75) is 50.4 Å². The van der Waals surface area contributed by atoms with Crippen LogP contribution in [0.1, 0.15) is 26.2 Å². The summed E-state index contributed by atoms with van der Waals surface area (Å²) in [7, 11) is 3.55. The molecular weight excluding hydrogens is 511 g/mol. The first-order chi connectivity index (χ1) is 17.7. The lowest BCUT2D eigenvalue weighted by Gasteiger charge is -2.48. The van der Waals surface area contributed by atoms with Crippen LogP contribution in [0.15, 0.2) is 42.1 Å². The molecule has 2 aromatic heterocycles. The summed E-state index contributed by atoms with van der Waals surface area (Å²) in [5.74, 6) is 1.26. The van der Waals surface area contributed by atoms with Gasteiger partial charge in [-0.3, -0.25) is 4.68 Å². The number of benzene rings is 1. The van der Waals surface area contributed by atoms with E-state index in [0.29, 0.717) is 18.9 Å². The molecule has 0 radical (unpaired) electrons. The highest BCUT2D eigenvalue weighted by molar-refractivity contribution is 7.99. The molecule has 1 saturated carbocycles. The summed E-state index contributed by atoms with van der Waals surface area (Å²) in [6.07, 6.45) is 1.14. The van der Waals surface area contributed by atoms with Crippen LogP contribution in [-0.4, -0.2) is 66.9 Å². The minimum absolute atomic E-state index is 0.0696. The number of thioether (sulfide) groups is 1. The Morgan fingerprint density at radius 3 is 2.57 bits per heavy atom.